The molecule has 40 heavy (non-hydrogen) atoms. The van der Waals surface area contributed by atoms with Crippen molar-refractivity contribution in [1.82, 2.24) is 19.6 Å². The molecule has 1 aliphatic carbocycles. The zero-order valence-corrected chi connectivity index (χ0v) is 23.4. The highest BCUT2D eigenvalue weighted by molar-refractivity contribution is 5.91. The van der Waals surface area contributed by atoms with Crippen molar-refractivity contribution in [1.29, 1.82) is 0 Å². The molecule has 8 nitrogen and oxygen atoms in total. The van der Waals surface area contributed by atoms with E-state index in [-0.39, 0.29) is 5.97 Å². The minimum absolute atomic E-state index is 0.344. The van der Waals surface area contributed by atoms with Gasteiger partial charge in [-0.25, -0.2) is 14.3 Å². The summed E-state index contributed by atoms with van der Waals surface area (Å²) < 4.78 is 13.0. The number of aromatic nitrogens is 4. The van der Waals surface area contributed by atoms with Crippen LogP contribution in [0.1, 0.15) is 66.6 Å². The Morgan fingerprint density at radius 3 is 2.50 bits per heavy atom. The number of esters is 1. The van der Waals surface area contributed by atoms with E-state index in [0.717, 1.165) is 59.9 Å². The Bertz CT molecular complexity index is 1560. The quantitative estimate of drug-likeness (QED) is 0.305. The van der Waals surface area contributed by atoms with Crippen LogP contribution >= 0.6 is 0 Å². The first kappa shape index (κ1) is 26.2. The van der Waals surface area contributed by atoms with Crippen molar-refractivity contribution >= 4 is 29.5 Å². The van der Waals surface area contributed by atoms with Crippen LogP contribution in [0.3, 0.4) is 0 Å². The summed E-state index contributed by atoms with van der Waals surface area (Å²) in [6, 6.07) is 13.8. The van der Waals surface area contributed by atoms with E-state index >= 15 is 0 Å². The van der Waals surface area contributed by atoms with E-state index in [1.165, 1.54) is 24.1 Å². The van der Waals surface area contributed by atoms with E-state index in [1.807, 2.05) is 61.8 Å². The predicted molar refractivity (Wildman–Crippen MR) is 156 cm³/mol. The molecule has 2 aliphatic rings. The van der Waals surface area contributed by atoms with Gasteiger partial charge in [0, 0.05) is 24.3 Å². The Labute approximate surface area is 234 Å². The van der Waals surface area contributed by atoms with E-state index < -0.39 is 5.60 Å². The summed E-state index contributed by atoms with van der Waals surface area (Å²) in [5.74, 6) is -0.344. The van der Waals surface area contributed by atoms with Gasteiger partial charge in [-0.05, 0) is 88.4 Å². The molecule has 0 saturated carbocycles. The van der Waals surface area contributed by atoms with Gasteiger partial charge in [-0.15, -0.1) is 0 Å². The van der Waals surface area contributed by atoms with E-state index in [0.29, 0.717) is 18.8 Å². The SMILES string of the molecule is CC(C)(C)OC(=O)c1ccc(-c2c(/C=C/c3ccc4c(n3)CCCC4)nc3c(N4CCOCC4)ccnn23)cc1. The maximum absolute atomic E-state index is 12.6. The van der Waals surface area contributed by atoms with Crippen LogP contribution in [0, 0.1) is 0 Å². The van der Waals surface area contributed by atoms with Crippen molar-refractivity contribution < 1.29 is 14.3 Å². The van der Waals surface area contributed by atoms with Crippen LogP contribution in [0.2, 0.25) is 0 Å². The van der Waals surface area contributed by atoms with Crippen LogP contribution in [-0.4, -0.2) is 57.5 Å². The molecule has 0 unspecified atom stereocenters. The number of ether oxygens (including phenoxy) is 2. The van der Waals surface area contributed by atoms with Crippen LogP contribution in [0.4, 0.5) is 5.69 Å². The summed E-state index contributed by atoms with van der Waals surface area (Å²) in [5, 5.41) is 4.71. The summed E-state index contributed by atoms with van der Waals surface area (Å²) in [7, 11) is 0. The lowest BCUT2D eigenvalue weighted by Crippen LogP contribution is -2.36. The number of carbonyl (C=O) groups excluding carboxylic acids is 1. The number of carbonyl (C=O) groups is 1. The molecule has 206 valence electrons. The van der Waals surface area contributed by atoms with Crippen LogP contribution in [0.25, 0.3) is 29.1 Å². The monoisotopic (exact) mass is 537 g/mol. The second kappa shape index (κ2) is 10.8. The highest BCUT2D eigenvalue weighted by atomic mass is 16.6. The Kier molecular flexibility index (Phi) is 7.11. The van der Waals surface area contributed by atoms with Crippen molar-refractivity contribution in [2.24, 2.45) is 0 Å². The number of pyridine rings is 1. The minimum atomic E-state index is -0.556. The third kappa shape index (κ3) is 5.49. The lowest BCUT2D eigenvalue weighted by molar-refractivity contribution is 0.00695. The van der Waals surface area contributed by atoms with Crippen molar-refractivity contribution in [2.45, 2.75) is 52.1 Å². The topological polar surface area (TPSA) is 81.8 Å². The Hall–Kier alpha value is -4.04. The lowest BCUT2D eigenvalue weighted by Gasteiger charge is -2.28. The molecule has 0 atom stereocenters. The number of morpholine rings is 1. The van der Waals surface area contributed by atoms with Crippen LogP contribution < -0.4 is 4.90 Å². The summed E-state index contributed by atoms with van der Waals surface area (Å²) in [4.78, 5) is 24.9. The molecule has 0 N–H and O–H groups in total. The molecule has 8 heteroatoms. The van der Waals surface area contributed by atoms with Crippen molar-refractivity contribution in [3.63, 3.8) is 0 Å². The Morgan fingerprint density at radius 1 is 0.950 bits per heavy atom. The van der Waals surface area contributed by atoms with Gasteiger partial charge >= 0.3 is 5.97 Å². The molecule has 0 bridgehead atoms. The molecule has 0 radical (unpaired) electrons. The number of benzene rings is 1. The smallest absolute Gasteiger partial charge is 0.338 e. The fourth-order valence-electron chi connectivity index (χ4n) is 5.35. The minimum Gasteiger partial charge on any atom is -0.456 e. The van der Waals surface area contributed by atoms with Crippen LogP contribution in [0.15, 0.2) is 48.7 Å². The number of aryl methyl sites for hydroxylation is 2. The zero-order valence-electron chi connectivity index (χ0n) is 23.4. The number of hydrogen-bond donors (Lipinski definition) is 0. The molecule has 1 saturated heterocycles. The lowest BCUT2D eigenvalue weighted by atomic mass is 9.96. The molecular formula is C32H35N5O3. The maximum Gasteiger partial charge on any atom is 0.338 e. The highest BCUT2D eigenvalue weighted by Crippen LogP contribution is 2.31. The number of nitrogens with zero attached hydrogens (tertiary/aromatic N) is 5. The fraction of sp³-hybridized carbons (Fsp3) is 0.375. The number of rotatable bonds is 5. The molecule has 1 aromatic carbocycles. The average Bonchev–Trinajstić information content (AvgIpc) is 3.34. The van der Waals surface area contributed by atoms with Gasteiger partial charge in [0.25, 0.3) is 0 Å². The van der Waals surface area contributed by atoms with E-state index in [4.69, 9.17) is 24.5 Å². The predicted octanol–water partition coefficient (Wildman–Crippen LogP) is 5.63. The van der Waals surface area contributed by atoms with Crippen molar-refractivity contribution in [3.05, 3.63) is 76.9 Å². The molecule has 4 aromatic rings. The number of imidazole rings is 1. The van der Waals surface area contributed by atoms with E-state index in [9.17, 15) is 4.79 Å². The summed E-state index contributed by atoms with van der Waals surface area (Å²) in [6.07, 6.45) is 10.4. The van der Waals surface area contributed by atoms with Gasteiger partial charge in [0.05, 0.1) is 42.0 Å². The van der Waals surface area contributed by atoms with Gasteiger partial charge in [-0.2, -0.15) is 5.10 Å². The Balaban J connectivity index is 1.41. The van der Waals surface area contributed by atoms with Gasteiger partial charge in [0.2, 0.25) is 0 Å². The van der Waals surface area contributed by atoms with Crippen LogP contribution in [0.5, 0.6) is 0 Å². The van der Waals surface area contributed by atoms with Gasteiger partial charge in [0.1, 0.15) is 11.3 Å². The van der Waals surface area contributed by atoms with E-state index in [2.05, 4.69) is 17.0 Å². The van der Waals surface area contributed by atoms with Gasteiger partial charge in [-0.3, -0.25) is 4.98 Å². The number of fused-ring (bicyclic) bond motifs is 2. The molecule has 1 aliphatic heterocycles. The van der Waals surface area contributed by atoms with Crippen molar-refractivity contribution in [3.8, 4) is 11.3 Å². The molecule has 6 rings (SSSR count). The average molecular weight is 538 g/mol. The second-order valence-corrected chi connectivity index (χ2v) is 11.4. The molecule has 0 spiro atoms. The highest BCUT2D eigenvalue weighted by Gasteiger charge is 2.22. The fourth-order valence-corrected chi connectivity index (χ4v) is 5.35. The van der Waals surface area contributed by atoms with Crippen molar-refractivity contribution in [2.75, 3.05) is 31.2 Å². The van der Waals surface area contributed by atoms with E-state index in [1.54, 1.807) is 12.1 Å². The Morgan fingerprint density at radius 2 is 1.73 bits per heavy atom. The molecular weight excluding hydrogens is 502 g/mol. The first-order chi connectivity index (χ1) is 19.4. The second-order valence-electron chi connectivity index (χ2n) is 11.4. The third-order valence-corrected chi connectivity index (χ3v) is 7.28. The van der Waals surface area contributed by atoms with Crippen LogP contribution in [-0.2, 0) is 22.3 Å². The molecule has 0 amide bonds. The molecule has 4 heterocycles. The first-order valence-electron chi connectivity index (χ1n) is 14.1. The first-order valence-corrected chi connectivity index (χ1v) is 14.1. The standard InChI is InChI=1S/C32H35N5O3/c1-32(2,3)40-31(38)24-10-8-23(9-11-24)29-27(15-14-25-13-12-22-6-4-5-7-26(22)34-25)35-30-28(16-17-33-37(29)30)36-18-20-39-21-19-36/h8-17H,4-7,18-21H2,1-3H3/b15-14+. The van der Waals surface area contributed by atoms with Gasteiger partial charge in [0.15, 0.2) is 5.65 Å². The number of hydrogen-bond acceptors (Lipinski definition) is 7. The third-order valence-electron chi connectivity index (χ3n) is 7.28. The normalized spacial score (nSPS) is 15.9. The zero-order chi connectivity index (χ0) is 27.7. The summed E-state index contributed by atoms with van der Waals surface area (Å²) >= 11 is 0. The maximum atomic E-state index is 12.6. The largest absolute Gasteiger partial charge is 0.456 e. The molecule has 3 aromatic heterocycles. The molecule has 1 fully saturated rings. The summed E-state index contributed by atoms with van der Waals surface area (Å²) in [5.41, 5.74) is 7.80. The van der Waals surface area contributed by atoms with Gasteiger partial charge < -0.3 is 14.4 Å². The number of anilines is 1. The summed E-state index contributed by atoms with van der Waals surface area (Å²) in [6.45, 7) is 8.57. The van der Waals surface area contributed by atoms with Gasteiger partial charge in [-0.1, -0.05) is 18.2 Å².